The summed E-state index contributed by atoms with van der Waals surface area (Å²) in [4.78, 5) is 0.963. The molecule has 0 aliphatic rings. The average Bonchev–Trinajstić information content (AvgIpc) is 3.22. The van der Waals surface area contributed by atoms with Crippen LogP contribution in [0.4, 0.5) is 0 Å². The summed E-state index contributed by atoms with van der Waals surface area (Å²) in [5.74, 6) is 1.66. The third-order valence-corrected chi connectivity index (χ3v) is 4.58. The maximum atomic E-state index is 6.21. The number of benzene rings is 1. The largest absolute Gasteiger partial charge is 0.493 e. The van der Waals surface area contributed by atoms with Gasteiger partial charge in [0.05, 0.1) is 30.3 Å². The van der Waals surface area contributed by atoms with Crippen LogP contribution in [0.5, 0.6) is 11.5 Å². The van der Waals surface area contributed by atoms with Crippen molar-refractivity contribution in [3.8, 4) is 22.2 Å². The summed E-state index contributed by atoms with van der Waals surface area (Å²) in [5, 5.41) is 13.8. The molecule has 2 heterocycles. The summed E-state index contributed by atoms with van der Waals surface area (Å²) in [7, 11) is 3.09. The van der Waals surface area contributed by atoms with E-state index in [0.717, 1.165) is 10.4 Å². The van der Waals surface area contributed by atoms with Crippen molar-refractivity contribution in [3.63, 3.8) is 0 Å². The molecule has 0 saturated carbocycles. The molecule has 2 aromatic heterocycles. The summed E-state index contributed by atoms with van der Waals surface area (Å²) in [5.41, 5.74) is 0.748. The van der Waals surface area contributed by atoms with E-state index in [0.29, 0.717) is 27.1 Å². The zero-order chi connectivity index (χ0) is 17.1. The van der Waals surface area contributed by atoms with Gasteiger partial charge in [-0.1, -0.05) is 17.7 Å². The van der Waals surface area contributed by atoms with Gasteiger partial charge >= 0.3 is 0 Å². The van der Waals surface area contributed by atoms with Gasteiger partial charge in [-0.25, -0.2) is 5.10 Å². The zero-order valence-electron chi connectivity index (χ0n) is 12.8. The van der Waals surface area contributed by atoms with Gasteiger partial charge in [0.2, 0.25) is 4.77 Å². The Hall–Kier alpha value is -2.16. The Balaban J connectivity index is 2.00. The van der Waals surface area contributed by atoms with Crippen molar-refractivity contribution in [2.45, 2.75) is 0 Å². The van der Waals surface area contributed by atoms with Crippen LogP contribution in [0.2, 0.25) is 5.02 Å². The number of rotatable bonds is 5. The number of thiophene rings is 1. The Morgan fingerprint density at radius 2 is 2.21 bits per heavy atom. The standard InChI is InChI=1S/C15H13ClN4O2S2/c1-21-11-7-9(6-10(16)13(11)22-2)8-17-20-14(18-19-15(20)23)12-4-3-5-24-12/h3-8H,1-2H3,(H,19,23)/b17-8-. The van der Waals surface area contributed by atoms with Gasteiger partial charge in [0, 0.05) is 0 Å². The lowest BCUT2D eigenvalue weighted by Crippen LogP contribution is -1.96. The van der Waals surface area contributed by atoms with E-state index in [1.807, 2.05) is 17.5 Å². The molecule has 124 valence electrons. The minimum Gasteiger partial charge on any atom is -0.493 e. The predicted octanol–water partition coefficient (Wildman–Crippen LogP) is 4.22. The molecule has 0 amide bonds. The van der Waals surface area contributed by atoms with E-state index in [-0.39, 0.29) is 0 Å². The van der Waals surface area contributed by atoms with Crippen molar-refractivity contribution in [2.75, 3.05) is 14.2 Å². The van der Waals surface area contributed by atoms with Crippen molar-refractivity contribution < 1.29 is 9.47 Å². The summed E-state index contributed by atoms with van der Waals surface area (Å²) in [6.45, 7) is 0. The summed E-state index contributed by atoms with van der Waals surface area (Å²) < 4.78 is 12.5. The number of methoxy groups -OCH3 is 2. The minimum absolute atomic E-state index is 0.404. The van der Waals surface area contributed by atoms with Crippen LogP contribution in [-0.2, 0) is 0 Å². The second-order valence-corrected chi connectivity index (χ2v) is 6.37. The number of nitrogens with zero attached hydrogens (tertiary/aromatic N) is 3. The quantitative estimate of drug-likeness (QED) is 0.531. The van der Waals surface area contributed by atoms with Gasteiger partial charge < -0.3 is 9.47 Å². The molecule has 1 N–H and O–H groups in total. The number of aromatic nitrogens is 3. The monoisotopic (exact) mass is 380 g/mol. The Morgan fingerprint density at radius 3 is 2.88 bits per heavy atom. The van der Waals surface area contributed by atoms with Gasteiger partial charge in [0.15, 0.2) is 17.3 Å². The van der Waals surface area contributed by atoms with Crippen LogP contribution < -0.4 is 9.47 Å². The van der Waals surface area contributed by atoms with Crippen LogP contribution in [0.25, 0.3) is 10.7 Å². The van der Waals surface area contributed by atoms with Crippen molar-refractivity contribution in [3.05, 3.63) is 45.0 Å². The molecule has 9 heteroatoms. The van der Waals surface area contributed by atoms with Crippen LogP contribution in [0.1, 0.15) is 5.56 Å². The number of nitrogens with one attached hydrogen (secondary N) is 1. The fourth-order valence-corrected chi connectivity index (χ4v) is 3.27. The molecule has 0 aliphatic carbocycles. The summed E-state index contributed by atoms with van der Waals surface area (Å²) >= 11 is 13.0. The maximum absolute atomic E-state index is 6.21. The first-order valence-corrected chi connectivity index (χ1v) is 8.47. The fraction of sp³-hybridized carbons (Fsp3) is 0.133. The average molecular weight is 381 g/mol. The van der Waals surface area contributed by atoms with E-state index >= 15 is 0 Å². The second-order valence-electron chi connectivity index (χ2n) is 4.62. The van der Waals surface area contributed by atoms with Crippen molar-refractivity contribution >= 4 is 41.4 Å². The van der Waals surface area contributed by atoms with Crippen LogP contribution in [0.15, 0.2) is 34.7 Å². The maximum Gasteiger partial charge on any atom is 0.216 e. The number of H-pyrrole nitrogens is 1. The van der Waals surface area contributed by atoms with E-state index in [9.17, 15) is 0 Å². The Labute approximate surface area is 152 Å². The van der Waals surface area contributed by atoms with Crippen molar-refractivity contribution in [2.24, 2.45) is 5.10 Å². The van der Waals surface area contributed by atoms with Crippen molar-refractivity contribution in [1.82, 2.24) is 14.9 Å². The first kappa shape index (κ1) is 16.7. The molecule has 0 spiro atoms. The summed E-state index contributed by atoms with van der Waals surface area (Å²) in [6, 6.07) is 7.42. The Morgan fingerprint density at radius 1 is 1.38 bits per heavy atom. The van der Waals surface area contributed by atoms with E-state index in [2.05, 4.69) is 15.3 Å². The fourth-order valence-electron chi connectivity index (χ4n) is 2.10. The van der Waals surface area contributed by atoms with Gasteiger partial charge in [-0.05, 0) is 41.4 Å². The van der Waals surface area contributed by atoms with Crippen LogP contribution in [0, 0.1) is 4.77 Å². The molecule has 0 radical (unpaired) electrons. The zero-order valence-corrected chi connectivity index (χ0v) is 15.2. The molecule has 1 aromatic carbocycles. The SMILES string of the molecule is COc1cc(/C=N\n2c(-c3cccs3)n[nH]c2=S)cc(Cl)c1OC. The first-order valence-electron chi connectivity index (χ1n) is 6.81. The van der Waals surface area contributed by atoms with Gasteiger partial charge in [-0.3, -0.25) is 0 Å². The predicted molar refractivity (Wildman–Crippen MR) is 98.3 cm³/mol. The molecule has 6 nitrogen and oxygen atoms in total. The van der Waals surface area contributed by atoms with E-state index in [1.165, 1.54) is 7.11 Å². The third kappa shape index (κ3) is 3.21. The molecule has 0 aliphatic heterocycles. The highest BCUT2D eigenvalue weighted by molar-refractivity contribution is 7.71. The minimum atomic E-state index is 0.404. The Kier molecular flexibility index (Phi) is 4.98. The van der Waals surface area contributed by atoms with E-state index in [4.69, 9.17) is 33.3 Å². The highest BCUT2D eigenvalue weighted by Crippen LogP contribution is 2.35. The molecule has 0 atom stereocenters. The Bertz CT molecular complexity index is 932. The van der Waals surface area contributed by atoms with Gasteiger partial charge in [-0.15, -0.1) is 11.3 Å². The number of halogens is 1. The molecule has 0 saturated heterocycles. The third-order valence-electron chi connectivity index (χ3n) is 3.17. The molecule has 24 heavy (non-hydrogen) atoms. The lowest BCUT2D eigenvalue weighted by atomic mass is 10.2. The lowest BCUT2D eigenvalue weighted by molar-refractivity contribution is 0.355. The van der Waals surface area contributed by atoms with Gasteiger partial charge in [-0.2, -0.15) is 14.9 Å². The second kappa shape index (κ2) is 7.16. The molecule has 3 aromatic rings. The number of aromatic amines is 1. The van der Waals surface area contributed by atoms with Crippen LogP contribution in [0.3, 0.4) is 0 Å². The van der Waals surface area contributed by atoms with Gasteiger partial charge in [0.25, 0.3) is 0 Å². The molecular weight excluding hydrogens is 368 g/mol. The highest BCUT2D eigenvalue weighted by atomic mass is 35.5. The lowest BCUT2D eigenvalue weighted by Gasteiger charge is -2.09. The molecule has 0 unspecified atom stereocenters. The molecular formula is C15H13ClN4O2S2. The number of ether oxygens (including phenoxy) is 2. The van der Waals surface area contributed by atoms with Gasteiger partial charge in [0.1, 0.15) is 0 Å². The van der Waals surface area contributed by atoms with Crippen molar-refractivity contribution in [1.29, 1.82) is 0 Å². The van der Waals surface area contributed by atoms with Crippen LogP contribution in [-0.4, -0.2) is 35.3 Å². The van der Waals surface area contributed by atoms with E-state index in [1.54, 1.807) is 41.5 Å². The topological polar surface area (TPSA) is 64.4 Å². The molecule has 0 fully saturated rings. The number of hydrogen-bond donors (Lipinski definition) is 1. The highest BCUT2D eigenvalue weighted by Gasteiger charge is 2.11. The molecule has 0 bridgehead atoms. The number of hydrogen-bond acceptors (Lipinski definition) is 6. The van der Waals surface area contributed by atoms with E-state index < -0.39 is 0 Å². The first-order chi connectivity index (χ1) is 11.6. The summed E-state index contributed by atoms with van der Waals surface area (Å²) in [6.07, 6.45) is 1.64. The smallest absolute Gasteiger partial charge is 0.216 e. The van der Waals surface area contributed by atoms with Crippen LogP contribution >= 0.6 is 35.2 Å². The molecule has 3 rings (SSSR count). The normalized spacial score (nSPS) is 11.1.